The summed E-state index contributed by atoms with van der Waals surface area (Å²) >= 11 is 0. The molecule has 0 unspecified atom stereocenters. The molecule has 110 valence electrons. The van der Waals surface area contributed by atoms with E-state index < -0.39 is 5.97 Å². The van der Waals surface area contributed by atoms with E-state index in [-0.39, 0.29) is 12.1 Å². The van der Waals surface area contributed by atoms with Gasteiger partial charge in [-0.2, -0.15) is 4.98 Å². The van der Waals surface area contributed by atoms with Crippen LogP contribution >= 0.6 is 0 Å². The van der Waals surface area contributed by atoms with Crippen molar-refractivity contribution in [3.63, 3.8) is 0 Å². The van der Waals surface area contributed by atoms with Gasteiger partial charge in [0, 0.05) is 17.8 Å². The maximum absolute atomic E-state index is 12.2. The second kappa shape index (κ2) is 5.91. The minimum absolute atomic E-state index is 0.0232. The van der Waals surface area contributed by atoms with Gasteiger partial charge in [0.15, 0.2) is 0 Å². The number of hydrogen-bond donors (Lipinski definition) is 1. The molecule has 0 amide bonds. The van der Waals surface area contributed by atoms with Crippen molar-refractivity contribution in [3.8, 4) is 5.69 Å². The molecule has 0 saturated carbocycles. The van der Waals surface area contributed by atoms with Gasteiger partial charge in [-0.1, -0.05) is 18.2 Å². The van der Waals surface area contributed by atoms with Gasteiger partial charge in [-0.05, 0) is 44.4 Å². The van der Waals surface area contributed by atoms with Crippen LogP contribution in [0, 0.1) is 20.8 Å². The molecule has 1 heterocycles. The van der Waals surface area contributed by atoms with Gasteiger partial charge in [0.25, 0.3) is 0 Å². The maximum atomic E-state index is 12.2. The summed E-state index contributed by atoms with van der Waals surface area (Å²) in [5.74, 6) is -0.859. The molecule has 0 fully saturated rings. The molecule has 21 heavy (non-hydrogen) atoms. The Labute approximate surface area is 122 Å². The van der Waals surface area contributed by atoms with Crippen LogP contribution in [0.25, 0.3) is 5.69 Å². The number of para-hydroxylation sites is 1. The maximum Gasteiger partial charge on any atom is 0.352 e. The third-order valence-corrected chi connectivity index (χ3v) is 3.61. The van der Waals surface area contributed by atoms with Gasteiger partial charge in [-0.15, -0.1) is 0 Å². The highest BCUT2D eigenvalue weighted by atomic mass is 16.4. The molecule has 5 heteroatoms. The van der Waals surface area contributed by atoms with Crippen molar-refractivity contribution in [1.82, 2.24) is 9.55 Å². The van der Waals surface area contributed by atoms with E-state index in [1.54, 1.807) is 11.5 Å². The predicted molar refractivity (Wildman–Crippen MR) is 80.0 cm³/mol. The summed E-state index contributed by atoms with van der Waals surface area (Å²) in [4.78, 5) is 27.1. The molecule has 0 atom stereocenters. The Balaban J connectivity index is 2.62. The minimum Gasteiger partial charge on any atom is -0.481 e. The first-order valence-electron chi connectivity index (χ1n) is 6.78. The Bertz CT molecular complexity index is 748. The second-order valence-electron chi connectivity index (χ2n) is 5.06. The van der Waals surface area contributed by atoms with Crippen LogP contribution in [0.15, 0.2) is 29.1 Å². The van der Waals surface area contributed by atoms with Crippen LogP contribution < -0.4 is 5.69 Å². The van der Waals surface area contributed by atoms with Crippen molar-refractivity contribution in [1.29, 1.82) is 0 Å². The van der Waals surface area contributed by atoms with Crippen molar-refractivity contribution in [2.24, 2.45) is 0 Å². The van der Waals surface area contributed by atoms with Crippen LogP contribution in [0.5, 0.6) is 0 Å². The first kappa shape index (κ1) is 15.0. The second-order valence-corrected chi connectivity index (χ2v) is 5.06. The highest BCUT2D eigenvalue weighted by Gasteiger charge is 2.14. The molecule has 2 aromatic rings. The Morgan fingerprint density at radius 2 is 1.90 bits per heavy atom. The zero-order chi connectivity index (χ0) is 15.6. The zero-order valence-electron chi connectivity index (χ0n) is 12.4. The zero-order valence-corrected chi connectivity index (χ0v) is 12.4. The highest BCUT2D eigenvalue weighted by molar-refractivity contribution is 5.67. The molecule has 0 aliphatic carbocycles. The number of aromatic nitrogens is 2. The Kier molecular flexibility index (Phi) is 4.21. The largest absolute Gasteiger partial charge is 0.481 e. The van der Waals surface area contributed by atoms with E-state index in [0.29, 0.717) is 12.1 Å². The van der Waals surface area contributed by atoms with Gasteiger partial charge in [-0.25, -0.2) is 4.79 Å². The molecule has 0 aliphatic rings. The van der Waals surface area contributed by atoms with Crippen molar-refractivity contribution < 1.29 is 9.90 Å². The lowest BCUT2D eigenvalue weighted by molar-refractivity contribution is -0.136. The number of hydrogen-bond acceptors (Lipinski definition) is 3. The van der Waals surface area contributed by atoms with Crippen LogP contribution in [0.2, 0.25) is 0 Å². The van der Waals surface area contributed by atoms with E-state index in [1.807, 2.05) is 38.1 Å². The molecular weight excluding hydrogens is 268 g/mol. The molecule has 1 aromatic heterocycles. The Morgan fingerprint density at radius 1 is 1.24 bits per heavy atom. The third-order valence-electron chi connectivity index (χ3n) is 3.61. The number of nitrogens with zero attached hydrogens (tertiary/aromatic N) is 2. The van der Waals surface area contributed by atoms with Crippen LogP contribution in [0.3, 0.4) is 0 Å². The molecule has 0 bridgehead atoms. The van der Waals surface area contributed by atoms with Crippen molar-refractivity contribution >= 4 is 5.97 Å². The normalized spacial score (nSPS) is 10.6. The Morgan fingerprint density at radius 3 is 2.52 bits per heavy atom. The first-order valence-corrected chi connectivity index (χ1v) is 6.78. The number of benzene rings is 1. The average Bonchev–Trinajstić information content (AvgIpc) is 2.40. The fourth-order valence-corrected chi connectivity index (χ4v) is 2.49. The number of carboxylic acid groups (broad SMARTS) is 1. The van der Waals surface area contributed by atoms with Crippen molar-refractivity contribution in [2.75, 3.05) is 0 Å². The minimum atomic E-state index is -0.859. The predicted octanol–water partition coefficient (Wildman–Crippen LogP) is 2.17. The van der Waals surface area contributed by atoms with Crippen LogP contribution in [0.4, 0.5) is 0 Å². The number of rotatable bonds is 4. The van der Waals surface area contributed by atoms with Gasteiger partial charge >= 0.3 is 11.7 Å². The summed E-state index contributed by atoms with van der Waals surface area (Å²) in [6.45, 7) is 5.51. The molecule has 0 saturated heterocycles. The number of aliphatic carboxylic acids is 1. The summed E-state index contributed by atoms with van der Waals surface area (Å²) in [7, 11) is 0. The third kappa shape index (κ3) is 3.02. The van der Waals surface area contributed by atoms with Gasteiger partial charge in [-0.3, -0.25) is 9.36 Å². The number of aryl methyl sites for hydroxylation is 2. The molecule has 1 aromatic carbocycles. The van der Waals surface area contributed by atoms with E-state index in [4.69, 9.17) is 5.11 Å². The summed E-state index contributed by atoms with van der Waals surface area (Å²) in [5.41, 5.74) is 3.59. The van der Waals surface area contributed by atoms with E-state index in [0.717, 1.165) is 22.5 Å². The highest BCUT2D eigenvalue weighted by Crippen LogP contribution is 2.18. The first-order chi connectivity index (χ1) is 9.91. The molecule has 2 rings (SSSR count). The monoisotopic (exact) mass is 286 g/mol. The molecular formula is C16H18N2O3. The summed E-state index contributed by atoms with van der Waals surface area (Å²) in [5, 5.41) is 8.85. The smallest absolute Gasteiger partial charge is 0.352 e. The average molecular weight is 286 g/mol. The summed E-state index contributed by atoms with van der Waals surface area (Å²) in [6.07, 6.45) is 0.390. The van der Waals surface area contributed by atoms with E-state index in [1.165, 1.54) is 0 Å². The Hall–Kier alpha value is -2.43. The van der Waals surface area contributed by atoms with Gasteiger partial charge < -0.3 is 5.11 Å². The fraction of sp³-hybridized carbons (Fsp3) is 0.312. The number of carbonyl (C=O) groups is 1. The lowest BCUT2D eigenvalue weighted by Gasteiger charge is -2.16. The van der Waals surface area contributed by atoms with Crippen LogP contribution in [-0.2, 0) is 11.2 Å². The van der Waals surface area contributed by atoms with Crippen molar-refractivity contribution in [2.45, 2.75) is 33.6 Å². The summed E-state index contributed by atoms with van der Waals surface area (Å²) < 4.78 is 1.56. The van der Waals surface area contributed by atoms with Gasteiger partial charge in [0.2, 0.25) is 0 Å². The standard InChI is InChI=1S/C16H18N2O3/c1-10-6-4-5-7-14(10)18-12(3)13(8-9-15(19)20)11(2)17-16(18)21/h4-7H,8-9H2,1-3H3,(H,19,20). The van der Waals surface area contributed by atoms with E-state index in [2.05, 4.69) is 4.98 Å². The van der Waals surface area contributed by atoms with Crippen LogP contribution in [-0.4, -0.2) is 20.6 Å². The van der Waals surface area contributed by atoms with E-state index >= 15 is 0 Å². The molecule has 0 radical (unpaired) electrons. The molecule has 1 N–H and O–H groups in total. The van der Waals surface area contributed by atoms with E-state index in [9.17, 15) is 9.59 Å². The fourth-order valence-electron chi connectivity index (χ4n) is 2.49. The van der Waals surface area contributed by atoms with Crippen molar-refractivity contribution in [3.05, 3.63) is 57.3 Å². The van der Waals surface area contributed by atoms with Gasteiger partial charge in [0.05, 0.1) is 5.69 Å². The summed E-state index contributed by atoms with van der Waals surface area (Å²) in [6, 6.07) is 7.57. The van der Waals surface area contributed by atoms with Crippen LogP contribution in [0.1, 0.15) is 28.9 Å². The topological polar surface area (TPSA) is 72.2 Å². The SMILES string of the molecule is Cc1ccccc1-n1c(C)c(CCC(=O)O)c(C)nc1=O. The lowest BCUT2D eigenvalue weighted by atomic mass is 10.1. The lowest BCUT2D eigenvalue weighted by Crippen LogP contribution is -2.27. The number of carboxylic acids is 1. The molecule has 5 nitrogen and oxygen atoms in total. The molecule has 0 spiro atoms. The molecule has 0 aliphatic heterocycles. The quantitative estimate of drug-likeness (QED) is 0.935. The van der Waals surface area contributed by atoms with Gasteiger partial charge in [0.1, 0.15) is 0 Å².